The van der Waals surface area contributed by atoms with Crippen LogP contribution < -0.4 is 0 Å². The molecule has 1 fully saturated rings. The van der Waals surface area contributed by atoms with Crippen molar-refractivity contribution in [2.45, 2.75) is 31.1 Å². The summed E-state index contributed by atoms with van der Waals surface area (Å²) < 4.78 is 27.4. The summed E-state index contributed by atoms with van der Waals surface area (Å²) in [6.45, 7) is 0. The first kappa shape index (κ1) is 13.9. The van der Waals surface area contributed by atoms with Gasteiger partial charge in [0.2, 0.25) is 0 Å². The molecule has 0 aliphatic heterocycles. The molecule has 0 atom stereocenters. The van der Waals surface area contributed by atoms with Gasteiger partial charge >= 0.3 is 0 Å². The Morgan fingerprint density at radius 3 is 2.24 bits per heavy atom. The maximum atomic E-state index is 14.0. The van der Waals surface area contributed by atoms with Gasteiger partial charge in [0, 0.05) is 0 Å². The van der Waals surface area contributed by atoms with Crippen LogP contribution in [0, 0.1) is 11.6 Å². The minimum atomic E-state index is -1.04. The summed E-state index contributed by atoms with van der Waals surface area (Å²) in [7, 11) is 0. The number of hydrogen-bond donors (Lipinski definition) is 0. The highest BCUT2D eigenvalue weighted by atomic mass is 19.2. The van der Waals surface area contributed by atoms with E-state index in [0.29, 0.717) is 12.8 Å². The van der Waals surface area contributed by atoms with E-state index in [9.17, 15) is 13.6 Å². The molecule has 0 saturated heterocycles. The van der Waals surface area contributed by atoms with E-state index in [1.165, 1.54) is 12.1 Å². The number of Topliss-reactive ketones (excluding diaryl/α,β-unsaturated/α-hetero) is 1. The second-order valence-corrected chi connectivity index (χ2v) is 5.59. The third-order valence-electron chi connectivity index (χ3n) is 4.41. The van der Waals surface area contributed by atoms with Crippen molar-refractivity contribution in [1.29, 1.82) is 0 Å². The maximum absolute atomic E-state index is 14.0. The number of ketones is 1. The summed E-state index contributed by atoms with van der Waals surface area (Å²) in [6.07, 6.45) is 3.23. The van der Waals surface area contributed by atoms with Crippen molar-refractivity contribution in [1.82, 2.24) is 0 Å². The van der Waals surface area contributed by atoms with Crippen molar-refractivity contribution in [3.63, 3.8) is 0 Å². The molecule has 3 heteroatoms. The Balaban J connectivity index is 2.10. The topological polar surface area (TPSA) is 17.1 Å². The zero-order valence-corrected chi connectivity index (χ0v) is 11.6. The van der Waals surface area contributed by atoms with Crippen LogP contribution in [-0.4, -0.2) is 5.78 Å². The number of halogens is 2. The largest absolute Gasteiger partial charge is 0.293 e. The molecule has 0 N–H and O–H groups in total. The fourth-order valence-corrected chi connectivity index (χ4v) is 3.32. The monoisotopic (exact) mass is 286 g/mol. The Morgan fingerprint density at radius 2 is 1.57 bits per heavy atom. The molecule has 21 heavy (non-hydrogen) atoms. The summed E-state index contributed by atoms with van der Waals surface area (Å²) in [5.74, 6) is -2.31. The number of benzene rings is 2. The van der Waals surface area contributed by atoms with E-state index in [2.05, 4.69) is 0 Å². The normalized spacial score (nSPS) is 16.9. The quantitative estimate of drug-likeness (QED) is 0.750. The Labute approximate surface area is 122 Å². The van der Waals surface area contributed by atoms with Crippen molar-refractivity contribution in [3.05, 3.63) is 71.3 Å². The van der Waals surface area contributed by atoms with Gasteiger partial charge in [-0.3, -0.25) is 4.79 Å². The lowest BCUT2D eigenvalue weighted by molar-refractivity contribution is 0.0880. The Morgan fingerprint density at radius 1 is 0.905 bits per heavy atom. The standard InChI is InChI=1S/C18H16F2O/c19-15-10-6-9-14(16(15)20)17(21)18(11-4-5-12-18)13-7-2-1-3-8-13/h1-3,6-10H,4-5,11-12H2. The van der Waals surface area contributed by atoms with E-state index in [-0.39, 0.29) is 11.3 Å². The number of carbonyl (C=O) groups is 1. The second-order valence-electron chi connectivity index (χ2n) is 5.59. The molecule has 0 radical (unpaired) electrons. The fraction of sp³-hybridized carbons (Fsp3) is 0.278. The van der Waals surface area contributed by atoms with Gasteiger partial charge in [-0.2, -0.15) is 0 Å². The van der Waals surface area contributed by atoms with Gasteiger partial charge in [0.25, 0.3) is 0 Å². The average Bonchev–Trinajstić information content (AvgIpc) is 3.01. The van der Waals surface area contributed by atoms with Crippen LogP contribution in [0.25, 0.3) is 0 Å². The summed E-state index contributed by atoms with van der Waals surface area (Å²) in [4.78, 5) is 12.9. The summed E-state index contributed by atoms with van der Waals surface area (Å²) in [5, 5.41) is 0. The van der Waals surface area contributed by atoms with Crippen molar-refractivity contribution in [2.75, 3.05) is 0 Å². The molecule has 1 saturated carbocycles. The van der Waals surface area contributed by atoms with Crippen molar-refractivity contribution in [3.8, 4) is 0 Å². The molecule has 0 bridgehead atoms. The molecule has 1 aliphatic rings. The van der Waals surface area contributed by atoms with Gasteiger partial charge in [-0.15, -0.1) is 0 Å². The Kier molecular flexibility index (Phi) is 3.58. The van der Waals surface area contributed by atoms with Crippen molar-refractivity contribution in [2.24, 2.45) is 0 Å². The lowest BCUT2D eigenvalue weighted by Gasteiger charge is -2.28. The van der Waals surface area contributed by atoms with E-state index in [4.69, 9.17) is 0 Å². The number of rotatable bonds is 3. The lowest BCUT2D eigenvalue weighted by Crippen LogP contribution is -2.33. The molecule has 108 valence electrons. The second kappa shape index (κ2) is 5.40. The highest BCUT2D eigenvalue weighted by molar-refractivity contribution is 6.04. The lowest BCUT2D eigenvalue weighted by atomic mass is 9.73. The van der Waals surface area contributed by atoms with Gasteiger partial charge in [-0.1, -0.05) is 49.2 Å². The smallest absolute Gasteiger partial charge is 0.176 e. The van der Waals surface area contributed by atoms with Gasteiger partial charge in [0.05, 0.1) is 11.0 Å². The zero-order chi connectivity index (χ0) is 14.9. The minimum Gasteiger partial charge on any atom is -0.293 e. The molecule has 2 aromatic rings. The average molecular weight is 286 g/mol. The van der Waals surface area contributed by atoms with E-state index >= 15 is 0 Å². The van der Waals surface area contributed by atoms with E-state index in [1.807, 2.05) is 30.3 Å². The molecular formula is C18H16F2O. The Hall–Kier alpha value is -2.03. The van der Waals surface area contributed by atoms with Gasteiger partial charge in [-0.25, -0.2) is 8.78 Å². The van der Waals surface area contributed by atoms with Crippen LogP contribution in [0.15, 0.2) is 48.5 Å². The predicted molar refractivity (Wildman–Crippen MR) is 77.3 cm³/mol. The molecule has 2 aromatic carbocycles. The van der Waals surface area contributed by atoms with Crippen LogP contribution in [0.5, 0.6) is 0 Å². The number of carbonyl (C=O) groups excluding carboxylic acids is 1. The van der Waals surface area contributed by atoms with Crippen LogP contribution in [0.2, 0.25) is 0 Å². The third kappa shape index (κ3) is 2.27. The molecule has 0 spiro atoms. The van der Waals surface area contributed by atoms with Crippen LogP contribution in [0.4, 0.5) is 8.78 Å². The van der Waals surface area contributed by atoms with Crippen LogP contribution in [0.1, 0.15) is 41.6 Å². The van der Waals surface area contributed by atoms with Gasteiger partial charge in [0.1, 0.15) is 0 Å². The first-order chi connectivity index (χ1) is 10.1. The fourth-order valence-electron chi connectivity index (χ4n) is 3.32. The van der Waals surface area contributed by atoms with E-state index in [1.54, 1.807) is 0 Å². The Bertz CT molecular complexity index is 658. The van der Waals surface area contributed by atoms with Crippen molar-refractivity contribution < 1.29 is 13.6 Å². The molecule has 1 nitrogen and oxygen atoms in total. The summed E-state index contributed by atoms with van der Waals surface area (Å²) in [5.41, 5.74) is 0.0486. The van der Waals surface area contributed by atoms with Gasteiger partial charge in [-0.05, 0) is 30.5 Å². The van der Waals surface area contributed by atoms with Crippen LogP contribution in [0.3, 0.4) is 0 Å². The van der Waals surface area contributed by atoms with E-state index in [0.717, 1.165) is 24.5 Å². The molecule has 0 unspecified atom stereocenters. The molecular weight excluding hydrogens is 270 g/mol. The molecule has 0 heterocycles. The highest BCUT2D eigenvalue weighted by Gasteiger charge is 2.43. The first-order valence-electron chi connectivity index (χ1n) is 7.19. The first-order valence-corrected chi connectivity index (χ1v) is 7.19. The molecule has 0 aromatic heterocycles. The summed E-state index contributed by atoms with van der Waals surface area (Å²) in [6, 6.07) is 13.3. The van der Waals surface area contributed by atoms with Gasteiger partial charge in [0.15, 0.2) is 17.4 Å². The van der Waals surface area contributed by atoms with Crippen molar-refractivity contribution >= 4 is 5.78 Å². The molecule has 3 rings (SSSR count). The predicted octanol–water partition coefficient (Wildman–Crippen LogP) is 4.66. The molecule has 0 amide bonds. The third-order valence-corrected chi connectivity index (χ3v) is 4.41. The van der Waals surface area contributed by atoms with Crippen LogP contribution >= 0.6 is 0 Å². The highest BCUT2D eigenvalue weighted by Crippen LogP contribution is 2.43. The minimum absolute atomic E-state index is 0.138. The maximum Gasteiger partial charge on any atom is 0.176 e. The van der Waals surface area contributed by atoms with E-state index < -0.39 is 17.0 Å². The SMILES string of the molecule is O=C(c1cccc(F)c1F)C1(c2ccccc2)CCCC1. The molecule has 1 aliphatic carbocycles. The zero-order valence-electron chi connectivity index (χ0n) is 11.6. The summed E-state index contributed by atoms with van der Waals surface area (Å²) >= 11 is 0. The van der Waals surface area contributed by atoms with Crippen LogP contribution in [-0.2, 0) is 5.41 Å². The van der Waals surface area contributed by atoms with Gasteiger partial charge < -0.3 is 0 Å². The number of hydrogen-bond acceptors (Lipinski definition) is 1.